The Hall–Kier alpha value is -1.59. The van der Waals surface area contributed by atoms with Crippen molar-refractivity contribution in [2.75, 3.05) is 13.7 Å². The van der Waals surface area contributed by atoms with Crippen LogP contribution in [0.3, 0.4) is 0 Å². The third kappa shape index (κ3) is 6.04. The van der Waals surface area contributed by atoms with Gasteiger partial charge in [-0.2, -0.15) is 0 Å². The predicted octanol–water partition coefficient (Wildman–Crippen LogP) is 1.79. The van der Waals surface area contributed by atoms with Crippen molar-refractivity contribution in [2.24, 2.45) is 0 Å². The van der Waals surface area contributed by atoms with Crippen molar-refractivity contribution in [3.05, 3.63) is 35.4 Å². The Labute approximate surface area is 120 Å². The minimum atomic E-state index is -0.206. The molecule has 0 aliphatic heterocycles. The molecule has 0 saturated heterocycles. The van der Waals surface area contributed by atoms with Gasteiger partial charge in [-0.15, -0.1) is 0 Å². The van der Waals surface area contributed by atoms with Crippen LogP contribution in [-0.4, -0.2) is 30.9 Å². The summed E-state index contributed by atoms with van der Waals surface area (Å²) in [5, 5.41) is 14.5. The summed E-state index contributed by atoms with van der Waals surface area (Å²) in [7, 11) is 1.66. The van der Waals surface area contributed by atoms with Crippen LogP contribution in [-0.2, 0) is 17.9 Å². The lowest BCUT2D eigenvalue weighted by Gasteiger charge is -2.16. The van der Waals surface area contributed by atoms with Crippen molar-refractivity contribution >= 4 is 6.03 Å². The highest BCUT2D eigenvalue weighted by atomic mass is 16.5. The van der Waals surface area contributed by atoms with Crippen LogP contribution in [0.15, 0.2) is 24.3 Å². The number of methoxy groups -OCH3 is 1. The molecule has 0 heterocycles. The third-order valence-corrected chi connectivity index (χ3v) is 3.06. The van der Waals surface area contributed by atoms with Crippen molar-refractivity contribution < 1.29 is 14.6 Å². The monoisotopic (exact) mass is 280 g/mol. The van der Waals surface area contributed by atoms with E-state index in [1.807, 2.05) is 31.2 Å². The first-order valence-electron chi connectivity index (χ1n) is 6.91. The molecule has 1 rings (SSSR count). The summed E-state index contributed by atoms with van der Waals surface area (Å²) >= 11 is 0. The SMILES string of the molecule is CCC(CCO)NC(=O)NCc1cccc(COC)c1. The number of aliphatic hydroxyl groups excluding tert-OH is 1. The molecule has 0 radical (unpaired) electrons. The number of hydrogen-bond donors (Lipinski definition) is 3. The van der Waals surface area contributed by atoms with Crippen LogP contribution in [0.25, 0.3) is 0 Å². The maximum atomic E-state index is 11.7. The number of carbonyl (C=O) groups is 1. The number of ether oxygens (including phenoxy) is 1. The molecule has 20 heavy (non-hydrogen) atoms. The largest absolute Gasteiger partial charge is 0.396 e. The zero-order chi connectivity index (χ0) is 14.8. The highest BCUT2D eigenvalue weighted by Gasteiger charge is 2.09. The Balaban J connectivity index is 2.42. The van der Waals surface area contributed by atoms with Crippen LogP contribution in [0.2, 0.25) is 0 Å². The van der Waals surface area contributed by atoms with Crippen molar-refractivity contribution in [1.29, 1.82) is 0 Å². The van der Waals surface area contributed by atoms with E-state index < -0.39 is 0 Å². The predicted molar refractivity (Wildman–Crippen MR) is 78.3 cm³/mol. The highest BCUT2D eigenvalue weighted by Crippen LogP contribution is 2.06. The first-order valence-corrected chi connectivity index (χ1v) is 6.91. The molecule has 112 valence electrons. The van der Waals surface area contributed by atoms with E-state index >= 15 is 0 Å². The fourth-order valence-corrected chi connectivity index (χ4v) is 1.95. The van der Waals surface area contributed by atoms with Crippen molar-refractivity contribution in [3.8, 4) is 0 Å². The van der Waals surface area contributed by atoms with E-state index in [4.69, 9.17) is 9.84 Å². The minimum absolute atomic E-state index is 0.0137. The summed E-state index contributed by atoms with van der Waals surface area (Å²) in [6, 6.07) is 7.71. The number of amides is 2. The fraction of sp³-hybridized carbons (Fsp3) is 0.533. The van der Waals surface area contributed by atoms with Crippen molar-refractivity contribution in [2.45, 2.75) is 39.0 Å². The highest BCUT2D eigenvalue weighted by molar-refractivity contribution is 5.74. The molecule has 2 amide bonds. The van der Waals surface area contributed by atoms with Crippen LogP contribution >= 0.6 is 0 Å². The van der Waals surface area contributed by atoms with Crippen molar-refractivity contribution in [1.82, 2.24) is 10.6 Å². The molecule has 5 nitrogen and oxygen atoms in total. The van der Waals surface area contributed by atoms with E-state index in [9.17, 15) is 4.79 Å². The topological polar surface area (TPSA) is 70.6 Å². The molecule has 0 saturated carbocycles. The number of hydrogen-bond acceptors (Lipinski definition) is 3. The number of rotatable bonds is 8. The summed E-state index contributed by atoms with van der Waals surface area (Å²) < 4.78 is 5.08. The smallest absolute Gasteiger partial charge is 0.315 e. The molecular weight excluding hydrogens is 256 g/mol. The quantitative estimate of drug-likeness (QED) is 0.680. The van der Waals surface area contributed by atoms with Gasteiger partial charge in [0.15, 0.2) is 0 Å². The zero-order valence-corrected chi connectivity index (χ0v) is 12.2. The first kappa shape index (κ1) is 16.5. The van der Waals surface area contributed by atoms with Gasteiger partial charge in [-0.25, -0.2) is 4.79 Å². The lowest BCUT2D eigenvalue weighted by molar-refractivity contribution is 0.185. The maximum absolute atomic E-state index is 11.7. The molecule has 1 aromatic carbocycles. The molecule has 1 aromatic rings. The Kier molecular flexibility index (Phi) is 7.69. The standard InChI is InChI=1S/C15H24N2O3/c1-3-14(7-8-18)17-15(19)16-10-12-5-4-6-13(9-12)11-20-2/h4-6,9,14,18H,3,7-8,10-11H2,1-2H3,(H2,16,17,19). The van der Waals surface area contributed by atoms with E-state index in [1.165, 1.54) is 0 Å². The van der Waals surface area contributed by atoms with E-state index in [1.54, 1.807) is 7.11 Å². The lowest BCUT2D eigenvalue weighted by Crippen LogP contribution is -2.41. The number of benzene rings is 1. The Bertz CT molecular complexity index is 410. The molecule has 0 spiro atoms. The summed E-state index contributed by atoms with van der Waals surface area (Å²) in [4.78, 5) is 11.7. The van der Waals surface area contributed by atoms with Crippen LogP contribution in [0.4, 0.5) is 4.79 Å². The van der Waals surface area contributed by atoms with Crippen molar-refractivity contribution in [3.63, 3.8) is 0 Å². The molecule has 0 aromatic heterocycles. The molecule has 5 heteroatoms. The van der Waals surface area contributed by atoms with Gasteiger partial charge in [0.05, 0.1) is 6.61 Å². The van der Waals surface area contributed by atoms with E-state index in [2.05, 4.69) is 10.6 Å². The maximum Gasteiger partial charge on any atom is 0.315 e. The molecule has 0 aliphatic rings. The average molecular weight is 280 g/mol. The average Bonchev–Trinajstić information content (AvgIpc) is 2.45. The molecule has 1 unspecified atom stereocenters. The van der Waals surface area contributed by atoms with Crippen LogP contribution in [0.5, 0.6) is 0 Å². The minimum Gasteiger partial charge on any atom is -0.396 e. The normalized spacial score (nSPS) is 11.9. The van der Waals surface area contributed by atoms with Crippen LogP contribution in [0, 0.1) is 0 Å². The zero-order valence-electron chi connectivity index (χ0n) is 12.2. The molecular formula is C15H24N2O3. The second-order valence-corrected chi connectivity index (χ2v) is 4.70. The van der Waals surface area contributed by atoms with Crippen LogP contribution in [0.1, 0.15) is 30.9 Å². The van der Waals surface area contributed by atoms with Gasteiger partial charge in [0.1, 0.15) is 0 Å². The van der Waals surface area contributed by atoms with E-state index in [0.29, 0.717) is 19.6 Å². The number of nitrogens with one attached hydrogen (secondary N) is 2. The van der Waals surface area contributed by atoms with Gasteiger partial charge in [-0.3, -0.25) is 0 Å². The first-order chi connectivity index (χ1) is 9.69. The van der Waals surface area contributed by atoms with Crippen LogP contribution < -0.4 is 10.6 Å². The van der Waals surface area contributed by atoms with Gasteiger partial charge in [0.2, 0.25) is 0 Å². The van der Waals surface area contributed by atoms with Gasteiger partial charge >= 0.3 is 6.03 Å². The molecule has 3 N–H and O–H groups in total. The summed E-state index contributed by atoms with van der Waals surface area (Å²) in [5.74, 6) is 0. The summed E-state index contributed by atoms with van der Waals surface area (Å²) in [6.07, 6.45) is 1.38. The molecule has 0 bridgehead atoms. The molecule has 1 atom stereocenters. The Morgan fingerprint density at radius 3 is 2.80 bits per heavy atom. The van der Waals surface area contributed by atoms with Gasteiger partial charge in [-0.05, 0) is 24.0 Å². The van der Waals surface area contributed by atoms with Gasteiger partial charge in [0, 0.05) is 26.3 Å². The van der Waals surface area contributed by atoms with E-state index in [-0.39, 0.29) is 18.7 Å². The second kappa shape index (κ2) is 9.34. The van der Waals surface area contributed by atoms with Gasteiger partial charge < -0.3 is 20.5 Å². The fourth-order valence-electron chi connectivity index (χ4n) is 1.95. The molecule has 0 aliphatic carbocycles. The number of urea groups is 1. The van der Waals surface area contributed by atoms with Gasteiger partial charge in [-0.1, -0.05) is 31.2 Å². The summed E-state index contributed by atoms with van der Waals surface area (Å²) in [6.45, 7) is 3.10. The Morgan fingerprint density at radius 1 is 1.40 bits per heavy atom. The second-order valence-electron chi connectivity index (χ2n) is 4.70. The Morgan fingerprint density at radius 2 is 2.15 bits per heavy atom. The number of carbonyl (C=O) groups excluding carboxylic acids is 1. The molecule has 0 fully saturated rings. The number of aliphatic hydroxyl groups is 1. The van der Waals surface area contributed by atoms with Gasteiger partial charge in [0.25, 0.3) is 0 Å². The lowest BCUT2D eigenvalue weighted by atomic mass is 10.1. The van der Waals surface area contributed by atoms with E-state index in [0.717, 1.165) is 17.5 Å². The summed E-state index contributed by atoms with van der Waals surface area (Å²) in [5.41, 5.74) is 2.11. The third-order valence-electron chi connectivity index (χ3n) is 3.06.